The molecule has 1 amide bonds. The molecule has 1 aromatic carbocycles. The molecule has 18 heavy (non-hydrogen) atoms. The highest BCUT2D eigenvalue weighted by Gasteiger charge is 2.34. The normalized spacial score (nSPS) is 12.3. The molecule has 1 aromatic rings. The van der Waals surface area contributed by atoms with Gasteiger partial charge in [0, 0.05) is 5.02 Å². The SMILES string of the molecule is CC(C)(CO)NC(=O)C(C)(C)c1ccccc1Cl. The Kier molecular flexibility index (Phi) is 4.41. The maximum Gasteiger partial charge on any atom is 0.230 e. The van der Waals surface area contributed by atoms with Crippen molar-refractivity contribution in [3.05, 3.63) is 34.9 Å². The molecule has 3 nitrogen and oxygen atoms in total. The van der Waals surface area contributed by atoms with Gasteiger partial charge < -0.3 is 10.4 Å². The van der Waals surface area contributed by atoms with Gasteiger partial charge in [-0.3, -0.25) is 4.79 Å². The van der Waals surface area contributed by atoms with E-state index in [9.17, 15) is 9.90 Å². The molecule has 0 atom stereocenters. The van der Waals surface area contributed by atoms with E-state index in [4.69, 9.17) is 11.6 Å². The molecule has 0 spiro atoms. The van der Waals surface area contributed by atoms with E-state index in [-0.39, 0.29) is 12.5 Å². The van der Waals surface area contributed by atoms with Crippen molar-refractivity contribution in [1.29, 1.82) is 0 Å². The lowest BCUT2D eigenvalue weighted by atomic mass is 9.83. The monoisotopic (exact) mass is 269 g/mol. The molecular formula is C14H20ClNO2. The van der Waals surface area contributed by atoms with Gasteiger partial charge in [0.15, 0.2) is 0 Å². The average Bonchev–Trinajstić information content (AvgIpc) is 2.28. The predicted octanol–water partition coefficient (Wildman–Crippen LogP) is 2.50. The van der Waals surface area contributed by atoms with E-state index in [1.54, 1.807) is 19.9 Å². The number of hydrogen-bond acceptors (Lipinski definition) is 2. The summed E-state index contributed by atoms with van der Waals surface area (Å²) < 4.78 is 0. The first-order valence-electron chi connectivity index (χ1n) is 5.89. The van der Waals surface area contributed by atoms with E-state index >= 15 is 0 Å². The summed E-state index contributed by atoms with van der Waals surface area (Å²) in [5, 5.41) is 12.6. The number of amides is 1. The Morgan fingerprint density at radius 1 is 1.28 bits per heavy atom. The smallest absolute Gasteiger partial charge is 0.230 e. The molecule has 0 fully saturated rings. The molecule has 0 aromatic heterocycles. The second kappa shape index (κ2) is 5.29. The fourth-order valence-corrected chi connectivity index (χ4v) is 1.97. The molecule has 0 aliphatic heterocycles. The van der Waals surface area contributed by atoms with Crippen LogP contribution in [0, 0.1) is 0 Å². The van der Waals surface area contributed by atoms with Crippen LogP contribution in [0.5, 0.6) is 0 Å². The van der Waals surface area contributed by atoms with E-state index in [2.05, 4.69) is 5.32 Å². The molecule has 0 aliphatic carbocycles. The highest BCUT2D eigenvalue weighted by molar-refractivity contribution is 6.31. The number of halogens is 1. The highest BCUT2D eigenvalue weighted by atomic mass is 35.5. The van der Waals surface area contributed by atoms with Crippen molar-refractivity contribution in [3.8, 4) is 0 Å². The molecule has 0 saturated carbocycles. The Morgan fingerprint density at radius 3 is 2.33 bits per heavy atom. The molecular weight excluding hydrogens is 250 g/mol. The van der Waals surface area contributed by atoms with E-state index in [1.807, 2.05) is 32.0 Å². The van der Waals surface area contributed by atoms with Gasteiger partial charge >= 0.3 is 0 Å². The van der Waals surface area contributed by atoms with Crippen LogP contribution in [-0.4, -0.2) is 23.2 Å². The van der Waals surface area contributed by atoms with Gasteiger partial charge in [-0.25, -0.2) is 0 Å². The van der Waals surface area contributed by atoms with Gasteiger partial charge in [0.1, 0.15) is 0 Å². The molecule has 0 unspecified atom stereocenters. The highest BCUT2D eigenvalue weighted by Crippen LogP contribution is 2.30. The maximum atomic E-state index is 12.3. The molecule has 0 saturated heterocycles. The van der Waals surface area contributed by atoms with Crippen LogP contribution >= 0.6 is 11.6 Å². The van der Waals surface area contributed by atoms with Gasteiger partial charge in [-0.1, -0.05) is 29.8 Å². The molecule has 2 N–H and O–H groups in total. The van der Waals surface area contributed by atoms with Crippen molar-refractivity contribution in [2.45, 2.75) is 38.6 Å². The molecule has 0 aliphatic rings. The number of carbonyl (C=O) groups excluding carboxylic acids is 1. The van der Waals surface area contributed by atoms with Crippen LogP contribution in [0.3, 0.4) is 0 Å². The number of aliphatic hydroxyl groups excluding tert-OH is 1. The standard InChI is InChI=1S/C14H20ClNO2/c1-13(2,9-17)16-12(18)14(3,4)10-7-5-6-8-11(10)15/h5-8,17H,9H2,1-4H3,(H,16,18). The van der Waals surface area contributed by atoms with Gasteiger partial charge in [-0.2, -0.15) is 0 Å². The van der Waals surface area contributed by atoms with Gasteiger partial charge in [-0.05, 0) is 39.3 Å². The Bertz CT molecular complexity index is 441. The number of aliphatic hydroxyl groups is 1. The summed E-state index contributed by atoms with van der Waals surface area (Å²) >= 11 is 6.13. The first kappa shape index (κ1) is 15.0. The fourth-order valence-electron chi connectivity index (χ4n) is 1.59. The van der Waals surface area contributed by atoms with E-state index < -0.39 is 11.0 Å². The van der Waals surface area contributed by atoms with E-state index in [0.717, 1.165) is 5.56 Å². The lowest BCUT2D eigenvalue weighted by molar-refractivity contribution is -0.127. The van der Waals surface area contributed by atoms with Crippen LogP contribution in [0.4, 0.5) is 0 Å². The lowest BCUT2D eigenvalue weighted by Gasteiger charge is -2.31. The van der Waals surface area contributed by atoms with Crippen molar-refractivity contribution in [2.24, 2.45) is 0 Å². The van der Waals surface area contributed by atoms with Crippen LogP contribution in [0.1, 0.15) is 33.3 Å². The Morgan fingerprint density at radius 2 is 1.83 bits per heavy atom. The minimum Gasteiger partial charge on any atom is -0.394 e. The number of hydrogen-bond donors (Lipinski definition) is 2. The zero-order chi connectivity index (χ0) is 14.0. The largest absolute Gasteiger partial charge is 0.394 e. The number of carbonyl (C=O) groups is 1. The maximum absolute atomic E-state index is 12.3. The Hall–Kier alpha value is -1.06. The van der Waals surface area contributed by atoms with Crippen LogP contribution in [0.2, 0.25) is 5.02 Å². The quantitative estimate of drug-likeness (QED) is 0.882. The Labute approximate surface area is 113 Å². The zero-order valence-corrected chi connectivity index (χ0v) is 12.0. The third-order valence-corrected chi connectivity index (χ3v) is 3.29. The van der Waals surface area contributed by atoms with Crippen molar-refractivity contribution in [1.82, 2.24) is 5.32 Å². The number of benzene rings is 1. The minimum absolute atomic E-state index is 0.114. The molecule has 0 radical (unpaired) electrons. The Balaban J connectivity index is 3.01. The fraction of sp³-hybridized carbons (Fsp3) is 0.500. The van der Waals surface area contributed by atoms with Crippen LogP contribution in [-0.2, 0) is 10.2 Å². The first-order valence-corrected chi connectivity index (χ1v) is 6.27. The summed E-state index contributed by atoms with van der Waals surface area (Å²) in [6, 6.07) is 7.29. The topological polar surface area (TPSA) is 49.3 Å². The molecule has 100 valence electrons. The third kappa shape index (κ3) is 3.24. The molecule has 4 heteroatoms. The number of rotatable bonds is 4. The molecule has 0 heterocycles. The summed E-state index contributed by atoms with van der Waals surface area (Å²) in [4.78, 5) is 12.3. The summed E-state index contributed by atoms with van der Waals surface area (Å²) in [5.41, 5.74) is -0.613. The predicted molar refractivity (Wildman–Crippen MR) is 73.8 cm³/mol. The van der Waals surface area contributed by atoms with Crippen LogP contribution in [0.25, 0.3) is 0 Å². The summed E-state index contributed by atoms with van der Waals surface area (Å²) in [6.07, 6.45) is 0. The third-order valence-electron chi connectivity index (χ3n) is 2.96. The lowest BCUT2D eigenvalue weighted by Crippen LogP contribution is -2.52. The van der Waals surface area contributed by atoms with Crippen LogP contribution in [0.15, 0.2) is 24.3 Å². The average molecular weight is 270 g/mol. The van der Waals surface area contributed by atoms with Gasteiger partial charge in [0.2, 0.25) is 5.91 Å². The second-order valence-corrected chi connectivity index (χ2v) is 6.01. The summed E-state index contributed by atoms with van der Waals surface area (Å²) in [6.45, 7) is 7.06. The summed E-state index contributed by atoms with van der Waals surface area (Å²) in [5.74, 6) is -0.158. The van der Waals surface area contributed by atoms with Crippen LogP contribution < -0.4 is 5.32 Å². The first-order chi connectivity index (χ1) is 8.20. The minimum atomic E-state index is -0.745. The van der Waals surface area contributed by atoms with Crippen molar-refractivity contribution < 1.29 is 9.90 Å². The van der Waals surface area contributed by atoms with Gasteiger partial charge in [-0.15, -0.1) is 0 Å². The van der Waals surface area contributed by atoms with Crippen molar-refractivity contribution in [3.63, 3.8) is 0 Å². The molecule has 0 bridgehead atoms. The van der Waals surface area contributed by atoms with Crippen molar-refractivity contribution in [2.75, 3.05) is 6.61 Å². The molecule has 1 rings (SSSR count). The van der Waals surface area contributed by atoms with Gasteiger partial charge in [0.05, 0.1) is 17.6 Å². The zero-order valence-electron chi connectivity index (χ0n) is 11.2. The van der Waals surface area contributed by atoms with E-state index in [0.29, 0.717) is 5.02 Å². The van der Waals surface area contributed by atoms with Crippen molar-refractivity contribution >= 4 is 17.5 Å². The van der Waals surface area contributed by atoms with E-state index in [1.165, 1.54) is 0 Å². The summed E-state index contributed by atoms with van der Waals surface area (Å²) in [7, 11) is 0. The number of nitrogens with one attached hydrogen (secondary N) is 1. The second-order valence-electron chi connectivity index (χ2n) is 5.60. The van der Waals surface area contributed by atoms with Gasteiger partial charge in [0.25, 0.3) is 0 Å².